The van der Waals surface area contributed by atoms with Crippen molar-refractivity contribution in [2.75, 3.05) is 6.61 Å². The Hall–Kier alpha value is -1.57. The summed E-state index contributed by atoms with van der Waals surface area (Å²) in [6.45, 7) is 2.82. The summed E-state index contributed by atoms with van der Waals surface area (Å²) in [6.07, 6.45) is 6.81. The fourth-order valence-electron chi connectivity index (χ4n) is 2.17. The van der Waals surface area contributed by atoms with E-state index in [4.69, 9.17) is 4.74 Å². The molecule has 0 amide bonds. The molecule has 18 heavy (non-hydrogen) atoms. The van der Waals surface area contributed by atoms with Gasteiger partial charge in [-0.2, -0.15) is 0 Å². The van der Waals surface area contributed by atoms with Crippen LogP contribution in [0.3, 0.4) is 0 Å². The molecule has 0 bridgehead atoms. The van der Waals surface area contributed by atoms with Crippen LogP contribution in [0.5, 0.6) is 5.75 Å². The monoisotopic (exact) mass is 244 g/mol. The van der Waals surface area contributed by atoms with E-state index in [1.165, 1.54) is 0 Å². The van der Waals surface area contributed by atoms with E-state index >= 15 is 0 Å². The Labute approximate surface area is 109 Å². The van der Waals surface area contributed by atoms with Crippen LogP contribution < -0.4 is 4.74 Å². The van der Waals surface area contributed by atoms with Gasteiger partial charge in [0.15, 0.2) is 5.78 Å². The lowest BCUT2D eigenvalue weighted by molar-refractivity contribution is -0.116. The van der Waals surface area contributed by atoms with Crippen molar-refractivity contribution in [3.63, 3.8) is 0 Å². The van der Waals surface area contributed by atoms with Gasteiger partial charge in [-0.05, 0) is 55.0 Å². The summed E-state index contributed by atoms with van der Waals surface area (Å²) in [7, 11) is 0. The summed E-state index contributed by atoms with van der Waals surface area (Å²) >= 11 is 0. The number of allylic oxidation sites excluding steroid dienone is 1. The molecule has 1 aliphatic rings. The van der Waals surface area contributed by atoms with Crippen LogP contribution in [0.25, 0.3) is 6.08 Å². The predicted molar refractivity (Wildman–Crippen MR) is 73.7 cm³/mol. The molecule has 1 aromatic rings. The Morgan fingerprint density at radius 1 is 1.28 bits per heavy atom. The van der Waals surface area contributed by atoms with E-state index in [1.807, 2.05) is 30.3 Å². The van der Waals surface area contributed by atoms with Crippen molar-refractivity contribution in [3.8, 4) is 5.75 Å². The van der Waals surface area contributed by atoms with E-state index in [0.717, 1.165) is 49.2 Å². The summed E-state index contributed by atoms with van der Waals surface area (Å²) in [5, 5.41) is 0. The minimum absolute atomic E-state index is 0.307. The highest BCUT2D eigenvalue weighted by molar-refractivity contribution is 6.00. The second kappa shape index (κ2) is 6.39. The number of Topliss-reactive ketones (excluding diaryl/α,β-unsaturated/α-hetero) is 1. The minimum Gasteiger partial charge on any atom is -0.494 e. The van der Waals surface area contributed by atoms with E-state index in [0.29, 0.717) is 12.2 Å². The SMILES string of the molecule is CCCOc1cccc(C=C2CCCCC2=O)c1. The zero-order chi connectivity index (χ0) is 12.8. The van der Waals surface area contributed by atoms with E-state index in [-0.39, 0.29) is 0 Å². The number of ketones is 1. The second-order valence-corrected chi connectivity index (χ2v) is 4.72. The zero-order valence-electron chi connectivity index (χ0n) is 10.9. The summed E-state index contributed by atoms with van der Waals surface area (Å²) in [5.41, 5.74) is 2.03. The maximum atomic E-state index is 11.8. The molecule has 0 aromatic heterocycles. The second-order valence-electron chi connectivity index (χ2n) is 4.72. The summed E-state index contributed by atoms with van der Waals surface area (Å²) in [4.78, 5) is 11.8. The molecule has 0 spiro atoms. The lowest BCUT2D eigenvalue weighted by Crippen LogP contribution is -2.07. The minimum atomic E-state index is 0.307. The molecular formula is C16H20O2. The summed E-state index contributed by atoms with van der Waals surface area (Å²) in [6, 6.07) is 7.96. The largest absolute Gasteiger partial charge is 0.494 e. The number of hydrogen-bond acceptors (Lipinski definition) is 2. The first-order valence-corrected chi connectivity index (χ1v) is 6.76. The lowest BCUT2D eigenvalue weighted by Gasteiger charge is -2.12. The first-order chi connectivity index (χ1) is 8.79. The Morgan fingerprint density at radius 2 is 2.11 bits per heavy atom. The van der Waals surface area contributed by atoms with Gasteiger partial charge >= 0.3 is 0 Å². The predicted octanol–water partition coefficient (Wildman–Crippen LogP) is 4.00. The van der Waals surface area contributed by atoms with Gasteiger partial charge in [0.25, 0.3) is 0 Å². The number of ether oxygens (including phenoxy) is 1. The third kappa shape index (κ3) is 3.46. The molecule has 1 aromatic carbocycles. The molecule has 0 N–H and O–H groups in total. The Bertz CT molecular complexity index is 446. The highest BCUT2D eigenvalue weighted by atomic mass is 16.5. The van der Waals surface area contributed by atoms with Crippen LogP contribution in [0.2, 0.25) is 0 Å². The van der Waals surface area contributed by atoms with Crippen molar-refractivity contribution in [2.45, 2.75) is 39.0 Å². The maximum Gasteiger partial charge on any atom is 0.158 e. The molecule has 0 saturated heterocycles. The first-order valence-electron chi connectivity index (χ1n) is 6.76. The van der Waals surface area contributed by atoms with Crippen LogP contribution in [-0.4, -0.2) is 12.4 Å². The standard InChI is InChI=1S/C16H20O2/c1-2-10-18-15-8-5-6-13(12-15)11-14-7-3-4-9-16(14)17/h5-6,8,11-12H,2-4,7,9-10H2,1H3. The summed E-state index contributed by atoms with van der Waals surface area (Å²) in [5.74, 6) is 1.19. The van der Waals surface area contributed by atoms with Crippen molar-refractivity contribution in [1.82, 2.24) is 0 Å². The van der Waals surface area contributed by atoms with Crippen molar-refractivity contribution >= 4 is 11.9 Å². The van der Waals surface area contributed by atoms with E-state index in [2.05, 4.69) is 6.92 Å². The molecule has 0 atom stereocenters. The van der Waals surface area contributed by atoms with Crippen LogP contribution in [0.1, 0.15) is 44.6 Å². The molecule has 2 nitrogen and oxygen atoms in total. The lowest BCUT2D eigenvalue weighted by atomic mass is 9.92. The first kappa shape index (κ1) is 12.9. The number of carbonyl (C=O) groups excluding carboxylic acids is 1. The van der Waals surface area contributed by atoms with Gasteiger partial charge in [0.2, 0.25) is 0 Å². The topological polar surface area (TPSA) is 26.3 Å². The Balaban J connectivity index is 2.12. The number of rotatable bonds is 4. The van der Waals surface area contributed by atoms with Gasteiger partial charge in [-0.15, -0.1) is 0 Å². The molecule has 0 radical (unpaired) electrons. The van der Waals surface area contributed by atoms with Crippen LogP contribution in [0, 0.1) is 0 Å². The average molecular weight is 244 g/mol. The molecule has 1 saturated carbocycles. The van der Waals surface area contributed by atoms with E-state index < -0.39 is 0 Å². The molecule has 2 heteroatoms. The molecule has 0 unspecified atom stereocenters. The van der Waals surface area contributed by atoms with Gasteiger partial charge < -0.3 is 4.74 Å². The van der Waals surface area contributed by atoms with Crippen LogP contribution >= 0.6 is 0 Å². The van der Waals surface area contributed by atoms with Gasteiger partial charge in [0.05, 0.1) is 6.61 Å². The Morgan fingerprint density at radius 3 is 2.89 bits per heavy atom. The fourth-order valence-corrected chi connectivity index (χ4v) is 2.17. The van der Waals surface area contributed by atoms with Gasteiger partial charge in [-0.1, -0.05) is 19.1 Å². The molecule has 96 valence electrons. The van der Waals surface area contributed by atoms with E-state index in [9.17, 15) is 4.79 Å². The van der Waals surface area contributed by atoms with E-state index in [1.54, 1.807) is 0 Å². The third-order valence-electron chi connectivity index (χ3n) is 3.13. The highest BCUT2D eigenvalue weighted by Crippen LogP contribution is 2.23. The maximum absolute atomic E-state index is 11.8. The molecule has 2 rings (SSSR count). The highest BCUT2D eigenvalue weighted by Gasteiger charge is 2.14. The fraction of sp³-hybridized carbons (Fsp3) is 0.438. The van der Waals surface area contributed by atoms with Crippen LogP contribution in [-0.2, 0) is 4.79 Å². The van der Waals surface area contributed by atoms with Crippen molar-refractivity contribution in [2.24, 2.45) is 0 Å². The third-order valence-corrected chi connectivity index (χ3v) is 3.13. The van der Waals surface area contributed by atoms with Crippen LogP contribution in [0.15, 0.2) is 29.8 Å². The van der Waals surface area contributed by atoms with Gasteiger partial charge in [0, 0.05) is 6.42 Å². The average Bonchev–Trinajstić information content (AvgIpc) is 2.40. The number of benzene rings is 1. The normalized spacial score (nSPS) is 18.1. The smallest absolute Gasteiger partial charge is 0.158 e. The summed E-state index contributed by atoms with van der Waals surface area (Å²) < 4.78 is 5.60. The van der Waals surface area contributed by atoms with Gasteiger partial charge in [0.1, 0.15) is 5.75 Å². The molecular weight excluding hydrogens is 224 g/mol. The molecule has 1 fully saturated rings. The molecule has 0 aliphatic heterocycles. The zero-order valence-corrected chi connectivity index (χ0v) is 10.9. The molecule has 1 aliphatic carbocycles. The number of carbonyl (C=O) groups is 1. The molecule has 0 heterocycles. The quantitative estimate of drug-likeness (QED) is 0.748. The van der Waals surface area contributed by atoms with Gasteiger partial charge in [-0.25, -0.2) is 0 Å². The van der Waals surface area contributed by atoms with Crippen molar-refractivity contribution in [1.29, 1.82) is 0 Å². The van der Waals surface area contributed by atoms with Crippen molar-refractivity contribution in [3.05, 3.63) is 35.4 Å². The Kier molecular flexibility index (Phi) is 4.57. The van der Waals surface area contributed by atoms with Crippen molar-refractivity contribution < 1.29 is 9.53 Å². The van der Waals surface area contributed by atoms with Gasteiger partial charge in [-0.3, -0.25) is 4.79 Å². The number of hydrogen-bond donors (Lipinski definition) is 0. The van der Waals surface area contributed by atoms with Crippen LogP contribution in [0.4, 0.5) is 0 Å².